The second-order valence-corrected chi connectivity index (χ2v) is 10.9. The van der Waals surface area contributed by atoms with E-state index in [4.69, 9.17) is 16.3 Å². The molecule has 2 atom stereocenters. The van der Waals surface area contributed by atoms with Gasteiger partial charge in [0.2, 0.25) is 0 Å². The zero-order chi connectivity index (χ0) is 28.9. The van der Waals surface area contributed by atoms with Gasteiger partial charge >= 0.3 is 0 Å². The van der Waals surface area contributed by atoms with Gasteiger partial charge in [0.1, 0.15) is 12.0 Å². The minimum atomic E-state index is -0.296. The van der Waals surface area contributed by atoms with Crippen LogP contribution in [0.5, 0.6) is 5.75 Å². The van der Waals surface area contributed by atoms with Crippen molar-refractivity contribution in [3.63, 3.8) is 0 Å². The smallest absolute Gasteiger partial charge is 0.262 e. The lowest BCUT2D eigenvalue weighted by atomic mass is 9.86. The summed E-state index contributed by atoms with van der Waals surface area (Å²) in [5, 5.41) is 6.82. The third kappa shape index (κ3) is 6.15. The van der Waals surface area contributed by atoms with Crippen molar-refractivity contribution in [1.29, 1.82) is 0 Å². The topological polar surface area (TPSA) is 91.0 Å². The van der Waals surface area contributed by atoms with Crippen LogP contribution in [0.15, 0.2) is 60.7 Å². The molecule has 9 heteroatoms. The lowest BCUT2D eigenvalue weighted by Gasteiger charge is -2.36. The first kappa shape index (κ1) is 28.8. The highest BCUT2D eigenvalue weighted by Crippen LogP contribution is 2.40. The molecule has 5 rings (SSSR count). The first-order chi connectivity index (χ1) is 19.9. The third-order valence-corrected chi connectivity index (χ3v) is 8.26. The molecular formula is C32H35ClN4O4. The number of carbonyl (C=O) groups excluding carboxylic acids is 3. The van der Waals surface area contributed by atoms with Gasteiger partial charge in [-0.1, -0.05) is 29.8 Å². The van der Waals surface area contributed by atoms with Crippen molar-refractivity contribution >= 4 is 41.1 Å². The summed E-state index contributed by atoms with van der Waals surface area (Å²) < 4.78 is 5.62. The fraction of sp³-hybridized carbons (Fsp3) is 0.344. The van der Waals surface area contributed by atoms with Gasteiger partial charge in [-0.15, -0.1) is 0 Å². The van der Waals surface area contributed by atoms with Crippen molar-refractivity contribution in [2.45, 2.75) is 31.7 Å². The Bertz CT molecular complexity index is 1440. The highest BCUT2D eigenvalue weighted by Gasteiger charge is 2.35. The van der Waals surface area contributed by atoms with Gasteiger partial charge < -0.3 is 25.1 Å². The molecule has 41 heavy (non-hydrogen) atoms. The second kappa shape index (κ2) is 12.9. The lowest BCUT2D eigenvalue weighted by Crippen LogP contribution is -2.51. The van der Waals surface area contributed by atoms with Crippen LogP contribution in [0.1, 0.15) is 50.6 Å². The summed E-state index contributed by atoms with van der Waals surface area (Å²) in [6.45, 7) is 5.64. The fourth-order valence-electron chi connectivity index (χ4n) is 5.91. The molecule has 2 N–H and O–H groups in total. The molecule has 214 valence electrons. The molecule has 0 aliphatic carbocycles. The van der Waals surface area contributed by atoms with Crippen LogP contribution in [0.25, 0.3) is 0 Å². The Morgan fingerprint density at radius 3 is 2.56 bits per heavy atom. The van der Waals surface area contributed by atoms with Crippen LogP contribution >= 0.6 is 11.6 Å². The first-order valence-corrected chi connectivity index (χ1v) is 14.4. The minimum absolute atomic E-state index is 0.0852. The van der Waals surface area contributed by atoms with E-state index >= 15 is 0 Å². The summed E-state index contributed by atoms with van der Waals surface area (Å²) in [6.07, 6.45) is 2.53. The number of hydrogen-bond donors (Lipinski definition) is 2. The molecule has 0 aromatic heterocycles. The van der Waals surface area contributed by atoms with Crippen LogP contribution in [-0.4, -0.2) is 68.9 Å². The molecule has 0 spiro atoms. The number of methoxy groups -OCH3 is 1. The Hall–Kier alpha value is -3.72. The molecule has 0 saturated carbocycles. The van der Waals surface area contributed by atoms with Gasteiger partial charge in [-0.2, -0.15) is 0 Å². The molecule has 1 fully saturated rings. The van der Waals surface area contributed by atoms with E-state index in [1.807, 2.05) is 37.3 Å². The largest absolute Gasteiger partial charge is 0.496 e. The number of halogens is 1. The number of aryl methyl sites for hydroxylation is 1. The van der Waals surface area contributed by atoms with E-state index in [0.717, 1.165) is 62.1 Å². The van der Waals surface area contributed by atoms with E-state index in [1.54, 1.807) is 35.2 Å². The molecule has 2 amide bonds. The maximum atomic E-state index is 14.1. The van der Waals surface area contributed by atoms with Crippen molar-refractivity contribution in [3.8, 4) is 5.75 Å². The molecule has 3 aromatic carbocycles. The number of nitrogens with zero attached hydrogens (tertiary/aromatic N) is 2. The Labute approximate surface area is 245 Å². The number of ether oxygens (including phenoxy) is 1. The van der Waals surface area contributed by atoms with Crippen LogP contribution in [0.4, 0.5) is 11.4 Å². The monoisotopic (exact) mass is 574 g/mol. The van der Waals surface area contributed by atoms with Crippen LogP contribution in [0.2, 0.25) is 5.02 Å². The van der Waals surface area contributed by atoms with Crippen LogP contribution in [-0.2, 0) is 4.79 Å². The lowest BCUT2D eigenvalue weighted by molar-refractivity contribution is -0.113. The maximum Gasteiger partial charge on any atom is 0.262 e. The van der Waals surface area contributed by atoms with Gasteiger partial charge in [0, 0.05) is 66.7 Å². The fourth-order valence-corrected chi connectivity index (χ4v) is 6.09. The first-order valence-electron chi connectivity index (χ1n) is 14.0. The van der Waals surface area contributed by atoms with Crippen LogP contribution in [0.3, 0.4) is 0 Å². The zero-order valence-electron chi connectivity index (χ0n) is 23.4. The van der Waals surface area contributed by atoms with Crippen molar-refractivity contribution in [1.82, 2.24) is 10.2 Å². The molecule has 8 nitrogen and oxygen atoms in total. The van der Waals surface area contributed by atoms with E-state index in [1.165, 1.54) is 7.11 Å². The number of anilines is 2. The van der Waals surface area contributed by atoms with Gasteiger partial charge in [-0.3, -0.25) is 14.5 Å². The van der Waals surface area contributed by atoms with Gasteiger partial charge in [0.25, 0.3) is 11.8 Å². The molecule has 0 bridgehead atoms. The van der Waals surface area contributed by atoms with Crippen LogP contribution in [0, 0.1) is 6.92 Å². The standard InChI is InChI=1S/C32H35ClN4O4/c1-21-6-3-4-7-24(21)31(39)35-23-10-11-26(30(19-23)41-2)32(40)37-15-5-8-25(27-18-22(33)9-12-28(27)37)29(20-38)36-16-13-34-14-17-36/h3-4,6-7,9-12,18-20,25,29,34H,5,8,13-17H2,1-2H3,(H,35,39). The minimum Gasteiger partial charge on any atom is -0.496 e. The number of piperazine rings is 1. The quantitative estimate of drug-likeness (QED) is 0.390. The van der Waals surface area contributed by atoms with Gasteiger partial charge in [-0.25, -0.2) is 0 Å². The number of rotatable bonds is 7. The molecule has 2 heterocycles. The molecule has 3 aromatic rings. The highest BCUT2D eigenvalue weighted by atomic mass is 35.5. The average Bonchev–Trinajstić information content (AvgIpc) is 3.17. The predicted octanol–water partition coefficient (Wildman–Crippen LogP) is 4.91. The number of benzene rings is 3. The Kier molecular flexibility index (Phi) is 9.03. The summed E-state index contributed by atoms with van der Waals surface area (Å²) in [6, 6.07) is 17.7. The summed E-state index contributed by atoms with van der Waals surface area (Å²) in [5.41, 5.74) is 4.02. The summed E-state index contributed by atoms with van der Waals surface area (Å²) in [5.74, 6) is -0.172. The summed E-state index contributed by atoms with van der Waals surface area (Å²) in [7, 11) is 1.51. The molecule has 2 unspecified atom stereocenters. The Morgan fingerprint density at radius 1 is 1.05 bits per heavy atom. The average molecular weight is 575 g/mol. The molecule has 0 radical (unpaired) electrons. The number of carbonyl (C=O) groups is 3. The van der Waals surface area contributed by atoms with E-state index in [2.05, 4.69) is 15.5 Å². The third-order valence-electron chi connectivity index (χ3n) is 8.03. The predicted molar refractivity (Wildman–Crippen MR) is 162 cm³/mol. The van der Waals surface area contributed by atoms with Gasteiger partial charge in [0.15, 0.2) is 0 Å². The molecular weight excluding hydrogens is 540 g/mol. The number of hydrogen-bond acceptors (Lipinski definition) is 6. The second-order valence-electron chi connectivity index (χ2n) is 10.5. The maximum absolute atomic E-state index is 14.1. The van der Waals surface area contributed by atoms with Gasteiger partial charge in [-0.05, 0) is 67.3 Å². The van der Waals surface area contributed by atoms with Crippen LogP contribution < -0.4 is 20.3 Å². The number of fused-ring (bicyclic) bond motifs is 1. The van der Waals surface area contributed by atoms with Crippen molar-refractivity contribution < 1.29 is 19.1 Å². The Morgan fingerprint density at radius 2 is 1.83 bits per heavy atom. The number of amides is 2. The van der Waals surface area contributed by atoms with E-state index in [-0.39, 0.29) is 23.8 Å². The molecule has 2 aliphatic heterocycles. The number of nitrogens with one attached hydrogen (secondary N) is 2. The van der Waals surface area contributed by atoms with E-state index < -0.39 is 0 Å². The van der Waals surface area contributed by atoms with Crippen molar-refractivity contribution in [2.24, 2.45) is 0 Å². The van der Waals surface area contributed by atoms with Crippen molar-refractivity contribution in [3.05, 3.63) is 87.9 Å². The van der Waals surface area contributed by atoms with Crippen molar-refractivity contribution in [2.75, 3.05) is 50.1 Å². The Balaban J connectivity index is 1.44. The molecule has 2 aliphatic rings. The highest BCUT2D eigenvalue weighted by molar-refractivity contribution is 6.30. The number of aldehydes is 1. The van der Waals surface area contributed by atoms with E-state index in [0.29, 0.717) is 34.1 Å². The normalized spacial score (nSPS) is 18.1. The SMILES string of the molecule is COc1cc(NC(=O)c2ccccc2C)ccc1C(=O)N1CCCC(C(C=O)N2CCNCC2)c2cc(Cl)ccc21. The summed E-state index contributed by atoms with van der Waals surface area (Å²) in [4.78, 5) is 43.3. The van der Waals surface area contributed by atoms with E-state index in [9.17, 15) is 14.4 Å². The molecule has 1 saturated heterocycles. The summed E-state index contributed by atoms with van der Waals surface area (Å²) >= 11 is 6.46. The zero-order valence-corrected chi connectivity index (χ0v) is 24.1. The van der Waals surface area contributed by atoms with Gasteiger partial charge in [0.05, 0.1) is 18.7 Å².